The maximum Gasteiger partial charge on any atom is 0.303 e. The molecule has 0 aliphatic heterocycles. The number of carboxylic acids is 1. The molecule has 0 heterocycles. The van der Waals surface area contributed by atoms with Gasteiger partial charge in [-0.05, 0) is 29.8 Å². The molecule has 3 N–H and O–H groups in total. The summed E-state index contributed by atoms with van der Waals surface area (Å²) in [4.78, 5) is 35.9. The molecule has 0 saturated carbocycles. The number of halogens is 4. The predicted octanol–water partition coefficient (Wildman–Crippen LogP) is 5.52. The lowest BCUT2D eigenvalue weighted by atomic mass is 10.1. The second-order valence-corrected chi connectivity index (χ2v) is 8.39. The fourth-order valence-corrected chi connectivity index (χ4v) is 3.99. The van der Waals surface area contributed by atoms with E-state index < -0.39 is 52.0 Å². The molecule has 3 aromatic carbocycles. The number of hydrogen-bond acceptors (Lipinski definition) is 4. The van der Waals surface area contributed by atoms with Gasteiger partial charge in [0.25, 0.3) is 0 Å². The van der Waals surface area contributed by atoms with Gasteiger partial charge in [-0.15, -0.1) is 11.8 Å². The summed E-state index contributed by atoms with van der Waals surface area (Å²) in [6, 6.07) is 14.5. The van der Waals surface area contributed by atoms with E-state index in [2.05, 4.69) is 5.32 Å². The van der Waals surface area contributed by atoms with Crippen LogP contribution in [0.1, 0.15) is 23.7 Å². The summed E-state index contributed by atoms with van der Waals surface area (Å²) in [5.74, 6) is -9.25. The third-order valence-electron chi connectivity index (χ3n) is 4.66. The standard InChI is InChI=1S/C24H18F4N2O4S/c25-16-12-17(26)21(28)22(20(16)27)30-24(34)23(13-4-2-1-3-5-13)35-15-8-6-14(7-9-15)29-18(31)10-11-19(32)33/h1-9,12,23H,10-11H2,(H,29,31)(H,30,34)(H,32,33). The lowest BCUT2D eigenvalue weighted by Gasteiger charge is -2.18. The summed E-state index contributed by atoms with van der Waals surface area (Å²) in [5.41, 5.74) is -0.378. The van der Waals surface area contributed by atoms with E-state index in [0.29, 0.717) is 16.1 Å². The van der Waals surface area contributed by atoms with Crippen molar-refractivity contribution in [2.24, 2.45) is 0 Å². The highest BCUT2D eigenvalue weighted by molar-refractivity contribution is 8.00. The van der Waals surface area contributed by atoms with Crippen LogP contribution in [-0.4, -0.2) is 22.9 Å². The molecule has 182 valence electrons. The van der Waals surface area contributed by atoms with Crippen molar-refractivity contribution in [2.45, 2.75) is 23.0 Å². The Balaban J connectivity index is 1.80. The number of hydrogen-bond donors (Lipinski definition) is 3. The quantitative estimate of drug-likeness (QED) is 0.202. The molecule has 0 aliphatic carbocycles. The number of benzene rings is 3. The van der Waals surface area contributed by atoms with Gasteiger partial charge >= 0.3 is 5.97 Å². The molecule has 0 saturated heterocycles. The van der Waals surface area contributed by atoms with Gasteiger partial charge in [0, 0.05) is 23.1 Å². The van der Waals surface area contributed by atoms with E-state index >= 15 is 0 Å². The first-order chi connectivity index (χ1) is 16.7. The zero-order valence-corrected chi connectivity index (χ0v) is 18.7. The molecule has 0 aromatic heterocycles. The number of rotatable bonds is 9. The second-order valence-electron chi connectivity index (χ2n) is 7.21. The molecular weight excluding hydrogens is 488 g/mol. The van der Waals surface area contributed by atoms with Crippen LogP contribution < -0.4 is 10.6 Å². The minimum atomic E-state index is -1.72. The number of nitrogens with one attached hydrogen (secondary N) is 2. The maximum atomic E-state index is 14.1. The predicted molar refractivity (Wildman–Crippen MR) is 122 cm³/mol. The number of carbonyl (C=O) groups is 3. The van der Waals surface area contributed by atoms with E-state index in [0.717, 1.165) is 11.8 Å². The Hall–Kier alpha value is -3.86. The van der Waals surface area contributed by atoms with Crippen molar-refractivity contribution in [1.82, 2.24) is 0 Å². The Morgan fingerprint density at radius 3 is 2.00 bits per heavy atom. The SMILES string of the molecule is O=C(O)CCC(=O)Nc1ccc(SC(C(=O)Nc2c(F)c(F)cc(F)c2F)c2ccccc2)cc1. The first kappa shape index (κ1) is 25.8. The first-order valence-electron chi connectivity index (χ1n) is 10.1. The van der Waals surface area contributed by atoms with Gasteiger partial charge in [-0.3, -0.25) is 14.4 Å². The fraction of sp³-hybridized carbons (Fsp3) is 0.125. The number of carboxylic acid groups (broad SMARTS) is 1. The van der Waals surface area contributed by atoms with Crippen LogP contribution in [-0.2, 0) is 14.4 Å². The summed E-state index contributed by atoms with van der Waals surface area (Å²) in [5, 5.41) is 12.1. The van der Waals surface area contributed by atoms with Crippen LogP contribution in [0.25, 0.3) is 0 Å². The smallest absolute Gasteiger partial charge is 0.303 e. The molecule has 1 atom stereocenters. The molecule has 11 heteroatoms. The van der Waals surface area contributed by atoms with Crippen LogP contribution in [0.15, 0.2) is 65.6 Å². The number of aliphatic carboxylic acids is 1. The summed E-state index contributed by atoms with van der Waals surface area (Å²) in [6.45, 7) is 0. The number of amides is 2. The van der Waals surface area contributed by atoms with Crippen molar-refractivity contribution < 1.29 is 37.1 Å². The molecule has 6 nitrogen and oxygen atoms in total. The van der Waals surface area contributed by atoms with Gasteiger partial charge in [-0.2, -0.15) is 0 Å². The van der Waals surface area contributed by atoms with Gasteiger partial charge in [0.15, 0.2) is 23.3 Å². The maximum absolute atomic E-state index is 14.1. The van der Waals surface area contributed by atoms with Crippen LogP contribution >= 0.6 is 11.8 Å². The van der Waals surface area contributed by atoms with E-state index in [4.69, 9.17) is 5.11 Å². The molecule has 3 aromatic rings. The minimum absolute atomic E-state index is 0.0474. The van der Waals surface area contributed by atoms with E-state index in [1.807, 2.05) is 5.32 Å². The Bertz CT molecular complexity index is 1210. The van der Waals surface area contributed by atoms with Crippen molar-refractivity contribution in [1.29, 1.82) is 0 Å². The summed E-state index contributed by atoms with van der Waals surface area (Å²) in [6.07, 6.45) is -0.514. The van der Waals surface area contributed by atoms with Gasteiger partial charge in [-0.1, -0.05) is 30.3 Å². The average molecular weight is 506 g/mol. The van der Waals surface area contributed by atoms with Crippen LogP contribution in [0.5, 0.6) is 0 Å². The summed E-state index contributed by atoms with van der Waals surface area (Å²) >= 11 is 0.996. The minimum Gasteiger partial charge on any atom is -0.481 e. The topological polar surface area (TPSA) is 95.5 Å². The highest BCUT2D eigenvalue weighted by Crippen LogP contribution is 2.37. The van der Waals surface area contributed by atoms with Crippen molar-refractivity contribution in [3.05, 3.63) is 89.5 Å². The molecule has 0 spiro atoms. The molecular formula is C24H18F4N2O4S. The third-order valence-corrected chi connectivity index (χ3v) is 5.92. The monoisotopic (exact) mass is 506 g/mol. The van der Waals surface area contributed by atoms with E-state index in [1.54, 1.807) is 42.5 Å². The van der Waals surface area contributed by atoms with Crippen molar-refractivity contribution in [3.63, 3.8) is 0 Å². The fourth-order valence-electron chi connectivity index (χ4n) is 2.97. The zero-order chi connectivity index (χ0) is 25.5. The molecule has 2 amide bonds. The molecule has 0 aliphatic rings. The summed E-state index contributed by atoms with van der Waals surface area (Å²) < 4.78 is 55.3. The van der Waals surface area contributed by atoms with Gasteiger partial charge in [0.05, 0.1) is 6.42 Å². The Morgan fingerprint density at radius 2 is 1.43 bits per heavy atom. The third kappa shape index (κ3) is 6.82. The Labute approximate surface area is 201 Å². The molecule has 0 bridgehead atoms. The van der Waals surface area contributed by atoms with Crippen molar-refractivity contribution in [2.75, 3.05) is 10.6 Å². The average Bonchev–Trinajstić information content (AvgIpc) is 2.84. The van der Waals surface area contributed by atoms with Gasteiger partial charge in [0.1, 0.15) is 10.9 Å². The molecule has 35 heavy (non-hydrogen) atoms. The normalized spacial score (nSPS) is 11.5. The van der Waals surface area contributed by atoms with Crippen molar-refractivity contribution in [3.8, 4) is 0 Å². The highest BCUT2D eigenvalue weighted by Gasteiger charge is 2.27. The van der Waals surface area contributed by atoms with E-state index in [1.165, 1.54) is 12.1 Å². The van der Waals surface area contributed by atoms with E-state index in [9.17, 15) is 31.9 Å². The Morgan fingerprint density at radius 1 is 0.829 bits per heavy atom. The van der Waals surface area contributed by atoms with Gasteiger partial charge < -0.3 is 15.7 Å². The number of carbonyl (C=O) groups excluding carboxylic acids is 2. The number of thioether (sulfide) groups is 1. The van der Waals surface area contributed by atoms with Crippen LogP contribution in [0.2, 0.25) is 0 Å². The largest absolute Gasteiger partial charge is 0.481 e. The first-order valence-corrected chi connectivity index (χ1v) is 11.0. The molecule has 0 radical (unpaired) electrons. The van der Waals surface area contributed by atoms with Crippen LogP contribution in [0.3, 0.4) is 0 Å². The lowest BCUT2D eigenvalue weighted by Crippen LogP contribution is -2.21. The van der Waals surface area contributed by atoms with Gasteiger partial charge in [0.2, 0.25) is 11.8 Å². The molecule has 3 rings (SSSR count). The lowest BCUT2D eigenvalue weighted by molar-refractivity contribution is -0.138. The molecule has 0 fully saturated rings. The molecule has 1 unspecified atom stereocenters. The highest BCUT2D eigenvalue weighted by atomic mass is 32.2. The van der Waals surface area contributed by atoms with Gasteiger partial charge in [-0.25, -0.2) is 17.6 Å². The van der Waals surface area contributed by atoms with Crippen LogP contribution in [0, 0.1) is 23.3 Å². The zero-order valence-electron chi connectivity index (χ0n) is 17.9. The number of anilines is 2. The summed E-state index contributed by atoms with van der Waals surface area (Å²) in [7, 11) is 0. The second kappa shape index (κ2) is 11.5. The van der Waals surface area contributed by atoms with Crippen molar-refractivity contribution >= 4 is 40.9 Å². The van der Waals surface area contributed by atoms with Crippen LogP contribution in [0.4, 0.5) is 28.9 Å². The Kier molecular flexibility index (Phi) is 8.48. The van der Waals surface area contributed by atoms with E-state index in [-0.39, 0.29) is 18.9 Å².